The van der Waals surface area contributed by atoms with E-state index in [0.29, 0.717) is 13.0 Å². The van der Waals surface area contributed by atoms with Gasteiger partial charge in [0.15, 0.2) is 0 Å². The topological polar surface area (TPSA) is 55.6 Å². The highest BCUT2D eigenvalue weighted by atomic mass is 16.5. The van der Waals surface area contributed by atoms with Crippen molar-refractivity contribution in [2.45, 2.75) is 33.2 Å². The molecule has 1 heterocycles. The predicted octanol–water partition coefficient (Wildman–Crippen LogP) is 3.22. The summed E-state index contributed by atoms with van der Waals surface area (Å²) in [5, 5.41) is 3.92. The van der Waals surface area contributed by atoms with E-state index in [0.717, 1.165) is 29.2 Å². The summed E-state index contributed by atoms with van der Waals surface area (Å²) in [4.78, 5) is 14.0. The summed E-state index contributed by atoms with van der Waals surface area (Å²) in [7, 11) is 3.46. The standard InChI is InChI=1S/C18H24N2O3/c1-13(9-15-7-5-6-8-17(15)22-4)10-18(21)20(3)12-16-11-14(2)23-19-16/h5-8,11,13H,9-10,12H2,1-4H3/t13-/m0/s1. The molecule has 0 N–H and O–H groups in total. The van der Waals surface area contributed by atoms with Crippen molar-refractivity contribution in [1.82, 2.24) is 10.1 Å². The Kier molecular flexibility index (Phi) is 5.79. The Hall–Kier alpha value is -2.30. The van der Waals surface area contributed by atoms with Crippen LogP contribution in [0.4, 0.5) is 0 Å². The molecular weight excluding hydrogens is 292 g/mol. The summed E-state index contributed by atoms with van der Waals surface area (Å²) in [5.41, 5.74) is 1.90. The highest BCUT2D eigenvalue weighted by molar-refractivity contribution is 5.76. The number of rotatable bonds is 7. The first kappa shape index (κ1) is 17.1. The Bertz CT molecular complexity index is 651. The number of benzene rings is 1. The molecule has 1 aromatic carbocycles. The lowest BCUT2D eigenvalue weighted by molar-refractivity contribution is -0.131. The van der Waals surface area contributed by atoms with Crippen LogP contribution in [0.1, 0.15) is 30.4 Å². The fourth-order valence-corrected chi connectivity index (χ4v) is 2.60. The van der Waals surface area contributed by atoms with Gasteiger partial charge in [0.2, 0.25) is 5.91 Å². The van der Waals surface area contributed by atoms with Crippen LogP contribution in [-0.2, 0) is 17.8 Å². The van der Waals surface area contributed by atoms with Gasteiger partial charge in [0.05, 0.1) is 13.7 Å². The second-order valence-corrected chi connectivity index (χ2v) is 6.00. The molecule has 0 aliphatic carbocycles. The number of nitrogens with zero attached hydrogens (tertiary/aromatic N) is 2. The zero-order chi connectivity index (χ0) is 16.8. The molecule has 1 atom stereocenters. The molecule has 0 unspecified atom stereocenters. The highest BCUT2D eigenvalue weighted by Crippen LogP contribution is 2.22. The zero-order valence-corrected chi connectivity index (χ0v) is 14.2. The van der Waals surface area contributed by atoms with Gasteiger partial charge >= 0.3 is 0 Å². The Morgan fingerprint density at radius 3 is 2.78 bits per heavy atom. The first-order chi connectivity index (χ1) is 11.0. The van der Waals surface area contributed by atoms with Crippen molar-refractivity contribution in [3.8, 4) is 5.75 Å². The van der Waals surface area contributed by atoms with E-state index in [4.69, 9.17) is 9.26 Å². The van der Waals surface area contributed by atoms with Gasteiger partial charge in [-0.25, -0.2) is 0 Å². The third-order valence-electron chi connectivity index (χ3n) is 3.79. The minimum absolute atomic E-state index is 0.105. The normalized spacial score (nSPS) is 12.0. The van der Waals surface area contributed by atoms with Gasteiger partial charge in [-0.2, -0.15) is 0 Å². The maximum Gasteiger partial charge on any atom is 0.222 e. The second-order valence-electron chi connectivity index (χ2n) is 6.00. The molecule has 0 saturated carbocycles. The average molecular weight is 316 g/mol. The highest BCUT2D eigenvalue weighted by Gasteiger charge is 2.16. The van der Waals surface area contributed by atoms with Crippen molar-refractivity contribution in [3.63, 3.8) is 0 Å². The number of hydrogen-bond acceptors (Lipinski definition) is 4. The molecule has 5 heteroatoms. The Morgan fingerprint density at radius 2 is 2.13 bits per heavy atom. The van der Waals surface area contributed by atoms with Crippen molar-refractivity contribution in [3.05, 3.63) is 47.3 Å². The Labute approximate surface area is 137 Å². The summed E-state index contributed by atoms with van der Waals surface area (Å²) < 4.78 is 10.4. The summed E-state index contributed by atoms with van der Waals surface area (Å²) in [5.74, 6) is 1.97. The molecule has 0 aliphatic rings. The van der Waals surface area contributed by atoms with Gasteiger partial charge < -0.3 is 14.2 Å². The van der Waals surface area contributed by atoms with Gasteiger partial charge in [-0.15, -0.1) is 0 Å². The quantitative estimate of drug-likeness (QED) is 0.787. The lowest BCUT2D eigenvalue weighted by Gasteiger charge is -2.19. The number of amides is 1. The van der Waals surface area contributed by atoms with Gasteiger partial charge in [-0.3, -0.25) is 4.79 Å². The summed E-state index contributed by atoms with van der Waals surface area (Å²) in [6, 6.07) is 9.78. The van der Waals surface area contributed by atoms with Crippen molar-refractivity contribution >= 4 is 5.91 Å². The monoisotopic (exact) mass is 316 g/mol. The average Bonchev–Trinajstić information content (AvgIpc) is 2.92. The number of hydrogen-bond donors (Lipinski definition) is 0. The van der Waals surface area contributed by atoms with Crippen LogP contribution in [0.5, 0.6) is 5.75 Å². The van der Waals surface area contributed by atoms with Crippen molar-refractivity contribution in [2.24, 2.45) is 5.92 Å². The zero-order valence-electron chi connectivity index (χ0n) is 14.2. The molecule has 0 fully saturated rings. The lowest BCUT2D eigenvalue weighted by atomic mass is 9.97. The third-order valence-corrected chi connectivity index (χ3v) is 3.79. The van der Waals surface area contributed by atoms with Gasteiger partial charge in [0, 0.05) is 19.5 Å². The van der Waals surface area contributed by atoms with Crippen LogP contribution < -0.4 is 4.74 Å². The van der Waals surface area contributed by atoms with E-state index in [1.54, 1.807) is 19.1 Å². The number of carbonyl (C=O) groups is 1. The molecule has 2 aromatic rings. The first-order valence-corrected chi connectivity index (χ1v) is 7.77. The van der Waals surface area contributed by atoms with Crippen LogP contribution in [0, 0.1) is 12.8 Å². The molecule has 1 aromatic heterocycles. The summed E-state index contributed by atoms with van der Waals surface area (Å²) in [6.07, 6.45) is 1.30. The summed E-state index contributed by atoms with van der Waals surface area (Å²) in [6.45, 7) is 4.39. The van der Waals surface area contributed by atoms with Gasteiger partial charge in [0.1, 0.15) is 17.2 Å². The molecule has 23 heavy (non-hydrogen) atoms. The Balaban J connectivity index is 1.88. The van der Waals surface area contributed by atoms with E-state index in [9.17, 15) is 4.79 Å². The van der Waals surface area contributed by atoms with Crippen LogP contribution in [0.15, 0.2) is 34.9 Å². The first-order valence-electron chi connectivity index (χ1n) is 7.77. The smallest absolute Gasteiger partial charge is 0.222 e. The van der Waals surface area contributed by atoms with E-state index >= 15 is 0 Å². The van der Waals surface area contributed by atoms with E-state index in [2.05, 4.69) is 12.1 Å². The van der Waals surface area contributed by atoms with Crippen molar-refractivity contribution < 1.29 is 14.1 Å². The van der Waals surface area contributed by atoms with Crippen LogP contribution in [0.3, 0.4) is 0 Å². The molecule has 0 saturated heterocycles. The second kappa shape index (κ2) is 7.81. The van der Waals surface area contributed by atoms with Crippen LogP contribution >= 0.6 is 0 Å². The van der Waals surface area contributed by atoms with Crippen molar-refractivity contribution in [1.29, 1.82) is 0 Å². The molecule has 0 radical (unpaired) electrons. The maximum absolute atomic E-state index is 12.3. The van der Waals surface area contributed by atoms with Crippen LogP contribution in [0.2, 0.25) is 0 Å². The van der Waals surface area contributed by atoms with Gasteiger partial charge in [-0.05, 0) is 30.9 Å². The number of aromatic nitrogens is 1. The van der Waals surface area contributed by atoms with Crippen LogP contribution in [-0.4, -0.2) is 30.1 Å². The molecule has 0 bridgehead atoms. The number of para-hydroxylation sites is 1. The van der Waals surface area contributed by atoms with Gasteiger partial charge in [-0.1, -0.05) is 30.3 Å². The van der Waals surface area contributed by atoms with E-state index in [-0.39, 0.29) is 11.8 Å². The fourth-order valence-electron chi connectivity index (χ4n) is 2.60. The molecule has 5 nitrogen and oxygen atoms in total. The van der Waals surface area contributed by atoms with Crippen molar-refractivity contribution in [2.75, 3.05) is 14.2 Å². The lowest BCUT2D eigenvalue weighted by Crippen LogP contribution is -2.28. The summed E-state index contributed by atoms with van der Waals surface area (Å²) >= 11 is 0. The minimum atomic E-state index is 0.105. The van der Waals surface area contributed by atoms with Gasteiger partial charge in [0.25, 0.3) is 0 Å². The van der Waals surface area contributed by atoms with E-state index < -0.39 is 0 Å². The maximum atomic E-state index is 12.3. The fraction of sp³-hybridized carbons (Fsp3) is 0.444. The van der Waals surface area contributed by atoms with E-state index in [1.807, 2.05) is 37.3 Å². The largest absolute Gasteiger partial charge is 0.496 e. The van der Waals surface area contributed by atoms with E-state index in [1.165, 1.54) is 0 Å². The molecule has 2 rings (SSSR count). The minimum Gasteiger partial charge on any atom is -0.496 e. The molecule has 124 valence electrons. The third kappa shape index (κ3) is 4.84. The molecule has 0 aliphatic heterocycles. The predicted molar refractivity (Wildman–Crippen MR) is 88.2 cm³/mol. The molecule has 0 spiro atoms. The number of aryl methyl sites for hydroxylation is 1. The number of methoxy groups -OCH3 is 1. The molecular formula is C18H24N2O3. The Morgan fingerprint density at radius 1 is 1.39 bits per heavy atom. The molecule has 1 amide bonds. The SMILES string of the molecule is COc1ccccc1C[C@H](C)CC(=O)N(C)Cc1cc(C)on1. The number of ether oxygens (including phenoxy) is 1. The number of carbonyl (C=O) groups excluding carboxylic acids is 1. The van der Waals surface area contributed by atoms with Crippen LogP contribution in [0.25, 0.3) is 0 Å².